The van der Waals surface area contributed by atoms with Crippen LogP contribution in [0, 0.1) is 11.3 Å². The number of halogens is 1. The van der Waals surface area contributed by atoms with Crippen LogP contribution >= 0.6 is 23.4 Å². The van der Waals surface area contributed by atoms with E-state index in [0.29, 0.717) is 35.1 Å². The second kappa shape index (κ2) is 10.2. The average molecular weight is 466 g/mol. The quantitative estimate of drug-likeness (QED) is 0.493. The maximum absolute atomic E-state index is 9.03. The van der Waals surface area contributed by atoms with E-state index in [4.69, 9.17) is 26.6 Å². The molecule has 0 amide bonds. The molecule has 3 aromatic rings. The molecule has 0 bridgehead atoms. The second-order valence-corrected chi connectivity index (χ2v) is 9.40. The van der Waals surface area contributed by atoms with Crippen molar-refractivity contribution < 1.29 is 4.74 Å². The van der Waals surface area contributed by atoms with E-state index in [1.807, 2.05) is 42.6 Å². The molecule has 1 aromatic heterocycles. The summed E-state index contributed by atoms with van der Waals surface area (Å²) in [5.74, 6) is 1.22. The first-order chi connectivity index (χ1) is 15.5. The Hall–Kier alpha value is -2.79. The number of aromatic nitrogens is 2. The summed E-state index contributed by atoms with van der Waals surface area (Å²) in [5.41, 5.74) is 1.60. The van der Waals surface area contributed by atoms with E-state index in [2.05, 4.69) is 34.9 Å². The van der Waals surface area contributed by atoms with Gasteiger partial charge in [0.1, 0.15) is 6.61 Å². The van der Waals surface area contributed by atoms with Crippen molar-refractivity contribution in [1.29, 1.82) is 5.26 Å². The minimum Gasteiger partial charge on any atom is -0.472 e. The normalized spacial score (nSPS) is 15.7. The summed E-state index contributed by atoms with van der Waals surface area (Å²) < 4.78 is 6.15. The molecule has 0 spiro atoms. The molecular formula is C24H24ClN5OS. The molecule has 1 fully saturated rings. The Labute approximate surface area is 197 Å². The maximum atomic E-state index is 9.03. The van der Waals surface area contributed by atoms with E-state index < -0.39 is 0 Å². The van der Waals surface area contributed by atoms with Gasteiger partial charge in [0, 0.05) is 29.0 Å². The molecule has 164 valence electrons. The SMILES string of the molecule is CN(C)[C@@H]1CCN(c2ncc(Sc3ccc(C#N)cc3)c(OCc3cccc(Cl)c3)n2)C1. The van der Waals surface area contributed by atoms with E-state index in [0.717, 1.165) is 34.9 Å². The van der Waals surface area contributed by atoms with Crippen molar-refractivity contribution in [2.24, 2.45) is 0 Å². The van der Waals surface area contributed by atoms with Crippen molar-refractivity contribution in [3.8, 4) is 11.9 Å². The fourth-order valence-corrected chi connectivity index (χ4v) is 4.56. The summed E-state index contributed by atoms with van der Waals surface area (Å²) in [4.78, 5) is 15.7. The molecule has 0 saturated carbocycles. The molecule has 1 saturated heterocycles. The molecule has 0 aliphatic carbocycles. The van der Waals surface area contributed by atoms with Gasteiger partial charge in [-0.25, -0.2) is 4.98 Å². The average Bonchev–Trinajstić information content (AvgIpc) is 3.30. The number of rotatable bonds is 7. The molecule has 6 nitrogen and oxygen atoms in total. The molecule has 2 aromatic carbocycles. The van der Waals surface area contributed by atoms with Gasteiger partial charge >= 0.3 is 0 Å². The van der Waals surface area contributed by atoms with Gasteiger partial charge in [0.05, 0.1) is 22.7 Å². The number of hydrogen-bond donors (Lipinski definition) is 0. The Bertz CT molecular complexity index is 1120. The Morgan fingerprint density at radius 1 is 1.25 bits per heavy atom. The fourth-order valence-electron chi connectivity index (χ4n) is 3.52. The monoisotopic (exact) mass is 465 g/mol. The molecule has 32 heavy (non-hydrogen) atoms. The molecule has 0 radical (unpaired) electrons. The molecule has 1 aliphatic rings. The third-order valence-corrected chi connectivity index (χ3v) is 6.60. The number of anilines is 1. The zero-order chi connectivity index (χ0) is 22.5. The molecule has 8 heteroatoms. The van der Waals surface area contributed by atoms with Crippen LogP contribution in [0.3, 0.4) is 0 Å². The number of benzene rings is 2. The van der Waals surface area contributed by atoms with Crippen molar-refractivity contribution in [3.63, 3.8) is 0 Å². The highest BCUT2D eigenvalue weighted by atomic mass is 35.5. The highest BCUT2D eigenvalue weighted by Gasteiger charge is 2.26. The Morgan fingerprint density at radius 2 is 2.06 bits per heavy atom. The van der Waals surface area contributed by atoms with Crippen LogP contribution < -0.4 is 9.64 Å². The first-order valence-electron chi connectivity index (χ1n) is 10.4. The number of hydrogen-bond acceptors (Lipinski definition) is 7. The zero-order valence-corrected chi connectivity index (χ0v) is 19.6. The summed E-state index contributed by atoms with van der Waals surface area (Å²) in [5, 5.41) is 9.71. The summed E-state index contributed by atoms with van der Waals surface area (Å²) in [6, 6.07) is 17.7. The van der Waals surface area contributed by atoms with Gasteiger partial charge in [-0.2, -0.15) is 10.2 Å². The lowest BCUT2D eigenvalue weighted by molar-refractivity contribution is 0.285. The van der Waals surface area contributed by atoms with Gasteiger partial charge in [0.25, 0.3) is 0 Å². The largest absolute Gasteiger partial charge is 0.472 e. The Kier molecular flexibility index (Phi) is 7.15. The maximum Gasteiger partial charge on any atom is 0.232 e. The summed E-state index contributed by atoms with van der Waals surface area (Å²) in [6.07, 6.45) is 2.90. The van der Waals surface area contributed by atoms with Crippen LogP contribution in [0.5, 0.6) is 5.88 Å². The van der Waals surface area contributed by atoms with Crippen molar-refractivity contribution in [2.45, 2.75) is 28.9 Å². The Morgan fingerprint density at radius 3 is 2.75 bits per heavy atom. The van der Waals surface area contributed by atoms with E-state index >= 15 is 0 Å². The number of nitriles is 1. The topological polar surface area (TPSA) is 65.3 Å². The van der Waals surface area contributed by atoms with Crippen molar-refractivity contribution in [3.05, 3.63) is 70.9 Å². The fraction of sp³-hybridized carbons (Fsp3) is 0.292. The van der Waals surface area contributed by atoms with Crippen molar-refractivity contribution >= 4 is 29.3 Å². The highest BCUT2D eigenvalue weighted by Crippen LogP contribution is 2.35. The zero-order valence-electron chi connectivity index (χ0n) is 18.0. The van der Waals surface area contributed by atoms with Crippen LogP contribution in [0.1, 0.15) is 17.5 Å². The van der Waals surface area contributed by atoms with E-state index in [-0.39, 0.29) is 0 Å². The predicted octanol–water partition coefficient (Wildman–Crippen LogP) is 4.87. The van der Waals surface area contributed by atoms with E-state index in [1.54, 1.807) is 12.1 Å². The number of ether oxygens (including phenoxy) is 1. The van der Waals surface area contributed by atoms with Gasteiger partial charge in [-0.05, 0) is 62.5 Å². The number of likely N-dealkylation sites (N-methyl/N-ethyl adjacent to an activating group) is 1. The van der Waals surface area contributed by atoms with Gasteiger partial charge in [0.2, 0.25) is 11.8 Å². The standard InChI is InChI=1S/C24H24ClN5OS/c1-29(2)20-10-11-30(15-20)24-27-14-22(32-21-8-6-17(13-26)7-9-21)23(28-24)31-16-18-4-3-5-19(25)12-18/h3-9,12,14,20H,10-11,15-16H2,1-2H3/t20-/m1/s1. The highest BCUT2D eigenvalue weighted by molar-refractivity contribution is 7.99. The summed E-state index contributed by atoms with van der Waals surface area (Å²) >= 11 is 7.64. The first-order valence-corrected chi connectivity index (χ1v) is 11.5. The van der Waals surface area contributed by atoms with E-state index in [9.17, 15) is 0 Å². The molecule has 1 atom stereocenters. The van der Waals surface area contributed by atoms with Crippen molar-refractivity contribution in [2.75, 3.05) is 32.1 Å². The third-order valence-electron chi connectivity index (χ3n) is 5.36. The Balaban J connectivity index is 1.58. The predicted molar refractivity (Wildman–Crippen MR) is 127 cm³/mol. The third kappa shape index (κ3) is 5.52. The summed E-state index contributed by atoms with van der Waals surface area (Å²) in [7, 11) is 4.21. The molecular weight excluding hydrogens is 442 g/mol. The minimum absolute atomic E-state index is 0.359. The van der Waals surface area contributed by atoms with Crippen LogP contribution in [-0.4, -0.2) is 48.1 Å². The van der Waals surface area contributed by atoms with Gasteiger partial charge in [-0.3, -0.25) is 0 Å². The molecule has 4 rings (SSSR count). The molecule has 0 unspecified atom stereocenters. The molecule has 0 N–H and O–H groups in total. The van der Waals surface area contributed by atoms with Crippen LogP contribution in [0.25, 0.3) is 0 Å². The first kappa shape index (κ1) is 22.4. The number of nitrogens with zero attached hydrogens (tertiary/aromatic N) is 5. The molecule has 1 aliphatic heterocycles. The smallest absolute Gasteiger partial charge is 0.232 e. The lowest BCUT2D eigenvalue weighted by Crippen LogP contribution is -2.32. The summed E-state index contributed by atoms with van der Waals surface area (Å²) in [6.45, 7) is 2.17. The minimum atomic E-state index is 0.359. The van der Waals surface area contributed by atoms with Gasteiger partial charge < -0.3 is 14.5 Å². The second-order valence-electron chi connectivity index (χ2n) is 7.85. The lowest BCUT2D eigenvalue weighted by Gasteiger charge is -2.21. The van der Waals surface area contributed by atoms with Crippen molar-refractivity contribution in [1.82, 2.24) is 14.9 Å². The molecule has 2 heterocycles. The van der Waals surface area contributed by atoms with E-state index in [1.165, 1.54) is 11.8 Å². The van der Waals surface area contributed by atoms with Gasteiger partial charge in [-0.1, -0.05) is 35.5 Å². The van der Waals surface area contributed by atoms with Crippen LogP contribution in [-0.2, 0) is 6.61 Å². The lowest BCUT2D eigenvalue weighted by atomic mass is 10.2. The van der Waals surface area contributed by atoms with Gasteiger partial charge in [-0.15, -0.1) is 0 Å². The van der Waals surface area contributed by atoms with Crippen LogP contribution in [0.2, 0.25) is 5.02 Å². The van der Waals surface area contributed by atoms with Gasteiger partial charge in [0.15, 0.2) is 0 Å². The van der Waals surface area contributed by atoms with Crippen LogP contribution in [0.4, 0.5) is 5.95 Å². The van der Waals surface area contributed by atoms with Crippen LogP contribution in [0.15, 0.2) is 64.5 Å².